The van der Waals surface area contributed by atoms with Crippen molar-refractivity contribution in [2.75, 3.05) is 38.2 Å². The molecule has 2 aliphatic rings. The molecule has 2 fully saturated rings. The SMILES string of the molecule is C=C(CN1CCS(=O)(=O)CC1)C(=O)CC[C@H](CC1CCCCC1)NC(=O)[C@@H](CC(=O)NC)Cc1nc2ccc(CC)cc2s1. The van der Waals surface area contributed by atoms with E-state index in [1.165, 1.54) is 24.8 Å². The smallest absolute Gasteiger partial charge is 0.224 e. The molecule has 2 amide bonds. The number of nitrogens with one attached hydrogen (secondary N) is 2. The van der Waals surface area contributed by atoms with Gasteiger partial charge in [-0.15, -0.1) is 11.3 Å². The molecule has 1 aliphatic carbocycles. The number of sulfone groups is 1. The van der Waals surface area contributed by atoms with Crippen molar-refractivity contribution in [2.24, 2.45) is 11.8 Å². The van der Waals surface area contributed by atoms with Crippen molar-refractivity contribution in [3.63, 3.8) is 0 Å². The van der Waals surface area contributed by atoms with Crippen molar-refractivity contribution < 1.29 is 22.8 Å². The van der Waals surface area contributed by atoms with Crippen LogP contribution in [-0.4, -0.2) is 80.1 Å². The monoisotopic (exact) mass is 644 g/mol. The minimum absolute atomic E-state index is 0.0517. The fourth-order valence-electron chi connectivity index (χ4n) is 6.26. The average molecular weight is 645 g/mol. The van der Waals surface area contributed by atoms with Crippen LogP contribution in [0.15, 0.2) is 30.4 Å². The van der Waals surface area contributed by atoms with E-state index < -0.39 is 15.8 Å². The number of amides is 2. The number of nitrogens with zero attached hydrogens (tertiary/aromatic N) is 2. The summed E-state index contributed by atoms with van der Waals surface area (Å²) in [4.78, 5) is 46.1. The van der Waals surface area contributed by atoms with Gasteiger partial charge in [-0.1, -0.05) is 51.7 Å². The molecular weight excluding hydrogens is 597 g/mol. The largest absolute Gasteiger partial charge is 0.359 e. The van der Waals surface area contributed by atoms with Crippen molar-refractivity contribution >= 4 is 49.0 Å². The Morgan fingerprint density at radius 2 is 1.86 bits per heavy atom. The molecule has 1 aromatic heterocycles. The van der Waals surface area contributed by atoms with Gasteiger partial charge in [0.2, 0.25) is 11.8 Å². The van der Waals surface area contributed by atoms with E-state index in [1.807, 2.05) is 11.0 Å². The summed E-state index contributed by atoms with van der Waals surface area (Å²) in [5, 5.41) is 6.74. The number of fused-ring (bicyclic) bond motifs is 1. The van der Waals surface area contributed by atoms with Crippen LogP contribution in [-0.2, 0) is 37.1 Å². The lowest BCUT2D eigenvalue weighted by molar-refractivity contribution is -0.130. The Bertz CT molecular complexity index is 1420. The summed E-state index contributed by atoms with van der Waals surface area (Å²) in [5.41, 5.74) is 2.62. The van der Waals surface area contributed by atoms with Crippen LogP contribution in [0.3, 0.4) is 0 Å². The van der Waals surface area contributed by atoms with Crippen LogP contribution in [0.5, 0.6) is 0 Å². The number of hydrogen-bond acceptors (Lipinski definition) is 8. The van der Waals surface area contributed by atoms with Gasteiger partial charge in [0, 0.05) is 57.6 Å². The minimum atomic E-state index is -2.99. The third kappa shape index (κ3) is 10.2. The van der Waals surface area contributed by atoms with Gasteiger partial charge in [0.25, 0.3) is 0 Å². The highest BCUT2D eigenvalue weighted by molar-refractivity contribution is 7.91. The topological polar surface area (TPSA) is 126 Å². The molecule has 0 bridgehead atoms. The van der Waals surface area contributed by atoms with Crippen LogP contribution in [0.4, 0.5) is 0 Å². The molecule has 1 saturated carbocycles. The molecule has 2 heterocycles. The second-order valence-corrected chi connectivity index (χ2v) is 15.9. The van der Waals surface area contributed by atoms with Crippen molar-refractivity contribution in [1.29, 1.82) is 0 Å². The Labute approximate surface area is 266 Å². The number of ketones is 1. The van der Waals surface area contributed by atoms with E-state index in [4.69, 9.17) is 4.98 Å². The van der Waals surface area contributed by atoms with Gasteiger partial charge in [-0.3, -0.25) is 19.3 Å². The summed E-state index contributed by atoms with van der Waals surface area (Å²) in [5.74, 6) is -0.281. The number of carbonyl (C=O) groups is 3. The third-order valence-corrected chi connectivity index (χ3v) is 11.7. The van der Waals surface area contributed by atoms with Crippen LogP contribution >= 0.6 is 11.3 Å². The summed E-state index contributed by atoms with van der Waals surface area (Å²) >= 11 is 1.57. The zero-order valence-electron chi connectivity index (χ0n) is 26.2. The second-order valence-electron chi connectivity index (χ2n) is 12.5. The normalized spacial score (nSPS) is 18.9. The highest BCUT2D eigenvalue weighted by Crippen LogP contribution is 2.30. The molecule has 0 spiro atoms. The summed E-state index contributed by atoms with van der Waals surface area (Å²) < 4.78 is 24.6. The van der Waals surface area contributed by atoms with E-state index in [0.29, 0.717) is 44.0 Å². The molecule has 1 saturated heterocycles. The highest BCUT2D eigenvalue weighted by Gasteiger charge is 2.28. The van der Waals surface area contributed by atoms with Crippen LogP contribution in [0.2, 0.25) is 0 Å². The van der Waals surface area contributed by atoms with E-state index in [-0.39, 0.29) is 48.0 Å². The molecule has 9 nitrogen and oxygen atoms in total. The predicted molar refractivity (Wildman–Crippen MR) is 176 cm³/mol. The number of carbonyl (C=O) groups excluding carboxylic acids is 3. The van der Waals surface area contributed by atoms with E-state index >= 15 is 0 Å². The molecule has 2 atom stereocenters. The number of thiazole rings is 1. The maximum atomic E-state index is 13.8. The van der Waals surface area contributed by atoms with Gasteiger partial charge in [0.05, 0.1) is 32.6 Å². The Morgan fingerprint density at radius 3 is 2.55 bits per heavy atom. The fraction of sp³-hybridized carbons (Fsp3) is 0.636. The predicted octanol–water partition coefficient (Wildman–Crippen LogP) is 4.24. The Morgan fingerprint density at radius 1 is 1.14 bits per heavy atom. The van der Waals surface area contributed by atoms with Gasteiger partial charge < -0.3 is 10.6 Å². The molecule has 11 heteroatoms. The number of hydrogen-bond donors (Lipinski definition) is 2. The first-order valence-corrected chi connectivity index (χ1v) is 18.7. The van der Waals surface area contributed by atoms with E-state index in [2.05, 4.69) is 36.3 Å². The lowest BCUT2D eigenvalue weighted by atomic mass is 9.83. The van der Waals surface area contributed by atoms with E-state index in [1.54, 1.807) is 18.4 Å². The lowest BCUT2D eigenvalue weighted by Crippen LogP contribution is -2.43. The Hall–Kier alpha value is -2.63. The van der Waals surface area contributed by atoms with Gasteiger partial charge in [0.15, 0.2) is 15.6 Å². The lowest BCUT2D eigenvalue weighted by Gasteiger charge is -2.29. The molecule has 1 aliphatic heterocycles. The van der Waals surface area contributed by atoms with E-state index in [0.717, 1.165) is 40.9 Å². The quantitative estimate of drug-likeness (QED) is 0.278. The molecule has 242 valence electrons. The first kappa shape index (κ1) is 34.2. The summed E-state index contributed by atoms with van der Waals surface area (Å²) in [7, 11) is -1.41. The zero-order valence-corrected chi connectivity index (χ0v) is 27.9. The standard InChI is InChI=1S/C33H48N4O5S2/c1-4-24-10-12-28-30(19-24)43-32(36-28)21-26(20-31(39)34-3)33(40)35-27(18-25-8-6-5-7-9-25)11-13-29(38)23(2)22-37-14-16-44(41,42)17-15-37/h10,12,19,25-27H,2,4-9,11,13-18,20-22H2,1,3H3,(H,34,39)(H,35,40)/t26-,27+/m0/s1. The van der Waals surface area contributed by atoms with Gasteiger partial charge in [0.1, 0.15) is 0 Å². The number of Topliss-reactive ketones (excluding diaryl/α,β-unsaturated/α-hetero) is 1. The first-order chi connectivity index (χ1) is 21.0. The molecule has 0 radical (unpaired) electrons. The Balaban J connectivity index is 1.41. The van der Waals surface area contributed by atoms with E-state index in [9.17, 15) is 22.8 Å². The van der Waals surface area contributed by atoms with Crippen LogP contribution in [0, 0.1) is 11.8 Å². The summed E-state index contributed by atoms with van der Waals surface area (Å²) in [6.07, 6.45) is 8.80. The van der Waals surface area contributed by atoms with Crippen molar-refractivity contribution in [3.8, 4) is 0 Å². The zero-order chi connectivity index (χ0) is 31.7. The molecule has 44 heavy (non-hydrogen) atoms. The number of aryl methyl sites for hydroxylation is 1. The van der Waals surface area contributed by atoms with Crippen molar-refractivity contribution in [3.05, 3.63) is 40.9 Å². The molecule has 2 N–H and O–H groups in total. The van der Waals surface area contributed by atoms with Gasteiger partial charge in [-0.2, -0.15) is 0 Å². The maximum absolute atomic E-state index is 13.8. The molecule has 4 rings (SSSR count). The van der Waals surface area contributed by atoms with Crippen LogP contribution in [0.25, 0.3) is 10.2 Å². The Kier molecular flexibility index (Phi) is 12.5. The summed E-state index contributed by atoms with van der Waals surface area (Å²) in [6, 6.07) is 6.05. The fourth-order valence-corrected chi connectivity index (χ4v) is 8.65. The molecule has 1 aromatic carbocycles. The van der Waals surface area contributed by atoms with Gasteiger partial charge in [-0.25, -0.2) is 13.4 Å². The molecule has 2 aromatic rings. The molecule has 0 unspecified atom stereocenters. The number of aromatic nitrogens is 1. The van der Waals surface area contributed by atoms with Gasteiger partial charge >= 0.3 is 0 Å². The first-order valence-electron chi connectivity index (χ1n) is 16.1. The number of benzene rings is 1. The highest BCUT2D eigenvalue weighted by atomic mass is 32.2. The summed E-state index contributed by atoms with van der Waals surface area (Å²) in [6.45, 7) is 7.31. The van der Waals surface area contributed by atoms with Crippen LogP contribution in [0.1, 0.15) is 75.3 Å². The molecular formula is C33H48N4O5S2. The second kappa shape index (κ2) is 16.1. The van der Waals surface area contributed by atoms with Gasteiger partial charge in [-0.05, 0) is 42.9 Å². The average Bonchev–Trinajstić information content (AvgIpc) is 3.42. The van der Waals surface area contributed by atoms with Crippen molar-refractivity contribution in [2.45, 2.75) is 83.6 Å². The minimum Gasteiger partial charge on any atom is -0.359 e. The van der Waals surface area contributed by atoms with Crippen molar-refractivity contribution in [1.82, 2.24) is 20.5 Å². The number of rotatable bonds is 15. The maximum Gasteiger partial charge on any atom is 0.224 e. The van der Waals surface area contributed by atoms with Crippen LogP contribution < -0.4 is 10.6 Å². The third-order valence-electron chi connectivity index (χ3n) is 9.06.